The highest BCUT2D eigenvalue weighted by molar-refractivity contribution is 7.91. The van der Waals surface area contributed by atoms with Crippen LogP contribution in [0.5, 0.6) is 0 Å². The number of aromatic nitrogens is 2. The zero-order chi connectivity index (χ0) is 20.5. The van der Waals surface area contributed by atoms with E-state index in [9.17, 15) is 21.6 Å². The van der Waals surface area contributed by atoms with Gasteiger partial charge in [-0.1, -0.05) is 12.1 Å². The standard InChI is InChI=1S/C18H17F3N4O2S/c1-12-9-23-16(8-22)24-17(12)25-7-6-13(10-25)11-28(26,27)15-5-3-2-4-14(15)18(19,20)21/h2-5,9,13H,6-7,10-11H2,1H3. The minimum absolute atomic E-state index is 0.00998. The lowest BCUT2D eigenvalue weighted by atomic mass is 10.2. The number of nitriles is 1. The van der Waals surface area contributed by atoms with Crippen molar-refractivity contribution in [3.05, 3.63) is 47.4 Å². The fourth-order valence-corrected chi connectivity index (χ4v) is 5.22. The fraction of sp³-hybridized carbons (Fsp3) is 0.389. The maximum atomic E-state index is 13.2. The maximum absolute atomic E-state index is 13.2. The van der Waals surface area contributed by atoms with Crippen molar-refractivity contribution < 1.29 is 21.6 Å². The summed E-state index contributed by atoms with van der Waals surface area (Å²) < 4.78 is 64.9. The van der Waals surface area contributed by atoms with E-state index in [1.54, 1.807) is 6.92 Å². The molecule has 0 bridgehead atoms. The average molecular weight is 410 g/mol. The third-order valence-electron chi connectivity index (χ3n) is 4.61. The van der Waals surface area contributed by atoms with Crippen molar-refractivity contribution in [2.24, 2.45) is 5.92 Å². The molecule has 1 aliphatic rings. The van der Waals surface area contributed by atoms with Gasteiger partial charge in [-0.25, -0.2) is 18.4 Å². The number of halogens is 3. The molecule has 6 nitrogen and oxygen atoms in total. The molecule has 0 radical (unpaired) electrons. The predicted molar refractivity (Wildman–Crippen MR) is 95.3 cm³/mol. The van der Waals surface area contributed by atoms with E-state index in [4.69, 9.17) is 5.26 Å². The van der Waals surface area contributed by atoms with Gasteiger partial charge in [0, 0.05) is 24.8 Å². The summed E-state index contributed by atoms with van der Waals surface area (Å²) in [5.41, 5.74) is -0.403. The summed E-state index contributed by atoms with van der Waals surface area (Å²) in [5.74, 6) is -0.171. The van der Waals surface area contributed by atoms with Crippen LogP contribution in [0, 0.1) is 24.2 Å². The molecule has 0 aliphatic carbocycles. The first-order valence-electron chi connectivity index (χ1n) is 8.49. The molecule has 0 amide bonds. The van der Waals surface area contributed by atoms with Crippen LogP contribution in [0.15, 0.2) is 35.4 Å². The Bertz CT molecular complexity index is 1030. The summed E-state index contributed by atoms with van der Waals surface area (Å²) >= 11 is 0. The first-order chi connectivity index (χ1) is 13.1. The number of sulfone groups is 1. The number of anilines is 1. The highest BCUT2D eigenvalue weighted by Crippen LogP contribution is 2.35. The molecule has 3 rings (SSSR count). The highest BCUT2D eigenvalue weighted by Gasteiger charge is 2.38. The molecule has 0 N–H and O–H groups in total. The third-order valence-corrected chi connectivity index (χ3v) is 6.55. The van der Waals surface area contributed by atoms with Crippen LogP contribution in [0.3, 0.4) is 0 Å². The summed E-state index contributed by atoms with van der Waals surface area (Å²) in [5, 5.41) is 8.95. The number of hydrogen-bond acceptors (Lipinski definition) is 6. The predicted octanol–water partition coefficient (Wildman–Crippen LogP) is 2.98. The van der Waals surface area contributed by atoms with Crippen LogP contribution < -0.4 is 4.90 Å². The molecule has 2 aromatic rings. The van der Waals surface area contributed by atoms with E-state index in [-0.39, 0.29) is 17.5 Å². The van der Waals surface area contributed by atoms with Crippen LogP contribution in [-0.2, 0) is 16.0 Å². The summed E-state index contributed by atoms with van der Waals surface area (Å²) in [6.07, 6.45) is -2.72. The first-order valence-corrected chi connectivity index (χ1v) is 10.1. The van der Waals surface area contributed by atoms with Crippen LogP contribution in [0.25, 0.3) is 0 Å². The minimum Gasteiger partial charge on any atom is -0.356 e. The second-order valence-corrected chi connectivity index (χ2v) is 8.69. The Morgan fingerprint density at radius 1 is 1.32 bits per heavy atom. The lowest BCUT2D eigenvalue weighted by molar-refractivity contribution is -0.139. The number of aryl methyl sites for hydroxylation is 1. The molecule has 2 heterocycles. The molecule has 1 aromatic heterocycles. The Morgan fingerprint density at radius 3 is 2.71 bits per heavy atom. The van der Waals surface area contributed by atoms with Crippen LogP contribution >= 0.6 is 0 Å². The summed E-state index contributed by atoms with van der Waals surface area (Å²) in [6.45, 7) is 2.61. The lowest BCUT2D eigenvalue weighted by Crippen LogP contribution is -2.25. The van der Waals surface area contributed by atoms with Gasteiger partial charge in [-0.15, -0.1) is 0 Å². The number of benzene rings is 1. The Labute approximate surface area is 160 Å². The third kappa shape index (κ3) is 4.09. The molecule has 28 heavy (non-hydrogen) atoms. The number of alkyl halides is 3. The van der Waals surface area contributed by atoms with Gasteiger partial charge in [-0.05, 0) is 31.4 Å². The molecule has 10 heteroatoms. The van der Waals surface area contributed by atoms with E-state index >= 15 is 0 Å². The normalized spacial score (nSPS) is 17.5. The van der Waals surface area contributed by atoms with Gasteiger partial charge in [0.05, 0.1) is 16.2 Å². The van der Waals surface area contributed by atoms with Gasteiger partial charge in [-0.2, -0.15) is 18.4 Å². The molecule has 0 spiro atoms. The Kier molecular flexibility index (Phi) is 5.30. The molecular weight excluding hydrogens is 393 g/mol. The Hall–Kier alpha value is -2.67. The molecule has 1 saturated heterocycles. The van der Waals surface area contributed by atoms with Crippen LogP contribution in [0.2, 0.25) is 0 Å². The van der Waals surface area contributed by atoms with Crippen molar-refractivity contribution in [2.45, 2.75) is 24.4 Å². The largest absolute Gasteiger partial charge is 0.417 e. The van der Waals surface area contributed by atoms with Crippen molar-refractivity contribution in [3.63, 3.8) is 0 Å². The molecular formula is C18H17F3N4O2S. The van der Waals surface area contributed by atoms with Gasteiger partial charge in [0.25, 0.3) is 0 Å². The van der Waals surface area contributed by atoms with E-state index in [0.717, 1.165) is 17.7 Å². The van der Waals surface area contributed by atoms with E-state index in [0.29, 0.717) is 25.3 Å². The quantitative estimate of drug-likeness (QED) is 0.770. The average Bonchev–Trinajstić information content (AvgIpc) is 3.09. The zero-order valence-corrected chi connectivity index (χ0v) is 15.8. The van der Waals surface area contributed by atoms with Gasteiger partial charge in [0.15, 0.2) is 9.84 Å². The van der Waals surface area contributed by atoms with E-state index in [2.05, 4.69) is 9.97 Å². The number of nitrogens with zero attached hydrogens (tertiary/aromatic N) is 4. The topological polar surface area (TPSA) is 86.9 Å². The second-order valence-electron chi connectivity index (χ2n) is 6.69. The second kappa shape index (κ2) is 7.39. The molecule has 1 unspecified atom stereocenters. The monoisotopic (exact) mass is 410 g/mol. The summed E-state index contributed by atoms with van der Waals surface area (Å²) in [6, 6.07) is 6.09. The Balaban J connectivity index is 1.80. The molecule has 148 valence electrons. The Morgan fingerprint density at radius 2 is 2.04 bits per heavy atom. The van der Waals surface area contributed by atoms with Crippen LogP contribution in [-0.4, -0.2) is 37.2 Å². The lowest BCUT2D eigenvalue weighted by Gasteiger charge is -2.20. The number of hydrogen-bond donors (Lipinski definition) is 0. The molecule has 1 aromatic carbocycles. The maximum Gasteiger partial charge on any atom is 0.417 e. The zero-order valence-electron chi connectivity index (χ0n) is 14.9. The van der Waals surface area contributed by atoms with Gasteiger partial charge in [-0.3, -0.25) is 0 Å². The minimum atomic E-state index is -4.74. The van der Waals surface area contributed by atoms with Crippen LogP contribution in [0.1, 0.15) is 23.4 Å². The first kappa shape index (κ1) is 20.1. The van der Waals surface area contributed by atoms with Gasteiger partial charge < -0.3 is 4.90 Å². The van der Waals surface area contributed by atoms with E-state index < -0.39 is 26.5 Å². The van der Waals surface area contributed by atoms with Gasteiger partial charge >= 0.3 is 6.18 Å². The fourth-order valence-electron chi connectivity index (χ4n) is 3.34. The van der Waals surface area contributed by atoms with Crippen LogP contribution in [0.4, 0.5) is 19.0 Å². The summed E-state index contributed by atoms with van der Waals surface area (Å²) in [4.78, 5) is 9.19. The van der Waals surface area contributed by atoms with Crippen molar-refractivity contribution in [1.29, 1.82) is 5.26 Å². The number of rotatable bonds is 4. The molecule has 1 atom stereocenters. The van der Waals surface area contributed by atoms with E-state index in [1.807, 2.05) is 11.0 Å². The summed E-state index contributed by atoms with van der Waals surface area (Å²) in [7, 11) is -4.12. The molecule has 1 fully saturated rings. The molecule has 1 aliphatic heterocycles. The van der Waals surface area contributed by atoms with Gasteiger partial charge in [0.2, 0.25) is 5.82 Å². The van der Waals surface area contributed by atoms with Crippen molar-refractivity contribution in [1.82, 2.24) is 9.97 Å². The smallest absolute Gasteiger partial charge is 0.356 e. The van der Waals surface area contributed by atoms with Crippen molar-refractivity contribution in [3.8, 4) is 6.07 Å². The van der Waals surface area contributed by atoms with E-state index in [1.165, 1.54) is 18.3 Å². The van der Waals surface area contributed by atoms with Crippen molar-refractivity contribution in [2.75, 3.05) is 23.7 Å². The SMILES string of the molecule is Cc1cnc(C#N)nc1N1CCC(CS(=O)(=O)c2ccccc2C(F)(F)F)C1. The van der Waals surface area contributed by atoms with Gasteiger partial charge in [0.1, 0.15) is 11.9 Å². The van der Waals surface area contributed by atoms with Crippen molar-refractivity contribution >= 4 is 15.7 Å². The molecule has 0 saturated carbocycles. The highest BCUT2D eigenvalue weighted by atomic mass is 32.2.